The fourth-order valence-electron chi connectivity index (χ4n) is 3.65. The molecule has 1 N–H and O–H groups in total. The number of benzene rings is 1. The van der Waals surface area contributed by atoms with Gasteiger partial charge in [-0.15, -0.1) is 10.2 Å². The van der Waals surface area contributed by atoms with E-state index in [1.165, 1.54) is 36.0 Å². The number of aromatic nitrogens is 2. The van der Waals surface area contributed by atoms with Crippen LogP contribution in [0, 0.1) is 5.82 Å². The molecule has 0 saturated carbocycles. The zero-order valence-corrected chi connectivity index (χ0v) is 18.7. The summed E-state index contributed by atoms with van der Waals surface area (Å²) in [5.74, 6) is -0.528. The van der Waals surface area contributed by atoms with Crippen LogP contribution in [0.4, 0.5) is 20.6 Å². The first-order valence-electron chi connectivity index (χ1n) is 10.3. The highest BCUT2D eigenvalue weighted by atomic mass is 32.2. The van der Waals surface area contributed by atoms with Crippen molar-refractivity contribution in [3.05, 3.63) is 30.4 Å². The number of ether oxygens (including phenoxy) is 1. The zero-order chi connectivity index (χ0) is 23.4. The minimum absolute atomic E-state index is 0.0463. The molecule has 3 amide bonds. The zero-order valence-electron chi connectivity index (χ0n) is 17.9. The number of nitrogens with one attached hydrogen (secondary N) is 1. The van der Waals surface area contributed by atoms with Crippen LogP contribution in [-0.4, -0.2) is 84.1 Å². The predicted molar refractivity (Wildman–Crippen MR) is 117 cm³/mol. The molecule has 4 rings (SSSR count). The van der Waals surface area contributed by atoms with E-state index in [0.717, 1.165) is 0 Å². The summed E-state index contributed by atoms with van der Waals surface area (Å²) in [6.45, 7) is 3.71. The van der Waals surface area contributed by atoms with Crippen molar-refractivity contribution in [2.75, 3.05) is 54.8 Å². The SMILES string of the molecule is CC(=O)NCC1CN(c2ccc(N3CCN(C(=O)CSc4nnco4)CC3)c(F)c2)C(=O)O1. The van der Waals surface area contributed by atoms with E-state index in [0.29, 0.717) is 42.8 Å². The lowest BCUT2D eigenvalue weighted by Gasteiger charge is -2.36. The molecule has 176 valence electrons. The van der Waals surface area contributed by atoms with Gasteiger partial charge < -0.3 is 24.3 Å². The Labute approximate surface area is 193 Å². The largest absolute Gasteiger partial charge is 0.442 e. The monoisotopic (exact) mass is 478 g/mol. The second kappa shape index (κ2) is 10.1. The number of amides is 3. The second-order valence-electron chi connectivity index (χ2n) is 7.55. The summed E-state index contributed by atoms with van der Waals surface area (Å²) in [4.78, 5) is 40.5. The Bertz CT molecular complexity index is 1010. The Balaban J connectivity index is 1.31. The predicted octanol–water partition coefficient (Wildman–Crippen LogP) is 1.11. The van der Waals surface area contributed by atoms with E-state index < -0.39 is 18.0 Å². The minimum atomic E-state index is -0.581. The Morgan fingerprint density at radius 1 is 1.27 bits per heavy atom. The van der Waals surface area contributed by atoms with Gasteiger partial charge in [0.25, 0.3) is 5.22 Å². The van der Waals surface area contributed by atoms with E-state index in [-0.39, 0.29) is 30.7 Å². The first-order chi connectivity index (χ1) is 15.9. The van der Waals surface area contributed by atoms with Gasteiger partial charge in [-0.25, -0.2) is 9.18 Å². The molecule has 1 aromatic heterocycles. The standard InChI is InChI=1S/C20H23FN6O5S/c1-13(28)22-9-15-10-27(20(30)32-15)14-2-3-17(16(21)8-14)25-4-6-26(7-5-25)18(29)11-33-19-24-23-12-31-19/h2-3,8,12,15H,4-7,9-11H2,1H3,(H,22,28). The van der Waals surface area contributed by atoms with E-state index in [2.05, 4.69) is 15.5 Å². The van der Waals surface area contributed by atoms with Crippen molar-refractivity contribution in [2.45, 2.75) is 18.3 Å². The topological polar surface area (TPSA) is 121 Å². The van der Waals surface area contributed by atoms with Crippen LogP contribution in [0.15, 0.2) is 34.2 Å². The van der Waals surface area contributed by atoms with E-state index >= 15 is 0 Å². The number of thioether (sulfide) groups is 1. The average Bonchev–Trinajstić information content (AvgIpc) is 3.45. The van der Waals surface area contributed by atoms with Crippen LogP contribution in [0.2, 0.25) is 0 Å². The Morgan fingerprint density at radius 2 is 2.06 bits per heavy atom. The molecule has 3 heterocycles. The normalized spacial score (nSPS) is 18.4. The number of rotatable bonds is 7. The van der Waals surface area contributed by atoms with Crippen LogP contribution in [-0.2, 0) is 14.3 Å². The lowest BCUT2D eigenvalue weighted by Crippen LogP contribution is -2.49. The first-order valence-corrected chi connectivity index (χ1v) is 11.3. The summed E-state index contributed by atoms with van der Waals surface area (Å²) >= 11 is 1.18. The van der Waals surface area contributed by atoms with Crippen LogP contribution in [0.1, 0.15) is 6.92 Å². The summed E-state index contributed by atoms with van der Waals surface area (Å²) in [5.41, 5.74) is 0.798. The molecule has 0 spiro atoms. The molecule has 0 aliphatic carbocycles. The summed E-state index contributed by atoms with van der Waals surface area (Å²) in [6, 6.07) is 4.59. The molecule has 2 aliphatic heterocycles. The maximum atomic E-state index is 14.9. The van der Waals surface area contributed by atoms with Gasteiger partial charge in [-0.1, -0.05) is 11.8 Å². The lowest BCUT2D eigenvalue weighted by atomic mass is 10.2. The number of nitrogens with zero attached hydrogens (tertiary/aromatic N) is 5. The number of halogens is 1. The van der Waals surface area contributed by atoms with Gasteiger partial charge in [0.1, 0.15) is 11.9 Å². The summed E-state index contributed by atoms with van der Waals surface area (Å²) in [7, 11) is 0. The molecular formula is C20H23FN6O5S. The minimum Gasteiger partial charge on any atom is -0.442 e. The lowest BCUT2D eigenvalue weighted by molar-refractivity contribution is -0.128. The summed E-state index contributed by atoms with van der Waals surface area (Å²) in [6.07, 6.45) is 0.137. The Morgan fingerprint density at radius 3 is 2.73 bits per heavy atom. The molecule has 1 unspecified atom stereocenters. The fraction of sp³-hybridized carbons (Fsp3) is 0.450. The van der Waals surface area contributed by atoms with Gasteiger partial charge in [-0.2, -0.15) is 0 Å². The number of hydrogen-bond acceptors (Lipinski definition) is 9. The fourth-order valence-corrected chi connectivity index (χ4v) is 4.30. The van der Waals surface area contributed by atoms with Crippen molar-refractivity contribution in [1.82, 2.24) is 20.4 Å². The third-order valence-corrected chi connectivity index (χ3v) is 6.14. The molecular weight excluding hydrogens is 455 g/mol. The van der Waals surface area contributed by atoms with Crippen LogP contribution in [0.5, 0.6) is 0 Å². The highest BCUT2D eigenvalue weighted by molar-refractivity contribution is 7.99. The molecule has 0 radical (unpaired) electrons. The number of carbonyl (C=O) groups is 3. The van der Waals surface area contributed by atoms with E-state index in [1.54, 1.807) is 17.0 Å². The smallest absolute Gasteiger partial charge is 0.414 e. The van der Waals surface area contributed by atoms with Crippen molar-refractivity contribution in [3.63, 3.8) is 0 Å². The number of anilines is 2. The maximum absolute atomic E-state index is 14.9. The first kappa shape index (κ1) is 22.8. The second-order valence-corrected chi connectivity index (χ2v) is 8.48. The molecule has 2 aliphatic rings. The van der Waals surface area contributed by atoms with Crippen molar-refractivity contribution in [2.24, 2.45) is 0 Å². The summed E-state index contributed by atoms with van der Waals surface area (Å²) < 4.78 is 25.2. The van der Waals surface area contributed by atoms with Crippen molar-refractivity contribution in [1.29, 1.82) is 0 Å². The molecule has 1 aromatic carbocycles. The number of cyclic esters (lactones) is 1. The average molecular weight is 479 g/mol. The molecule has 33 heavy (non-hydrogen) atoms. The van der Waals surface area contributed by atoms with Gasteiger partial charge in [0.15, 0.2) is 0 Å². The Hall–Kier alpha value is -3.35. The quantitative estimate of drug-likeness (QED) is 0.583. The molecule has 1 atom stereocenters. The van der Waals surface area contributed by atoms with Crippen molar-refractivity contribution >= 4 is 41.0 Å². The van der Waals surface area contributed by atoms with Crippen molar-refractivity contribution < 1.29 is 27.9 Å². The number of hydrogen-bond donors (Lipinski definition) is 1. The highest BCUT2D eigenvalue weighted by Crippen LogP contribution is 2.28. The third kappa shape index (κ3) is 5.53. The van der Waals surface area contributed by atoms with E-state index in [4.69, 9.17) is 9.15 Å². The number of carbonyl (C=O) groups excluding carboxylic acids is 3. The molecule has 2 aromatic rings. The van der Waals surface area contributed by atoms with Crippen LogP contribution >= 0.6 is 11.8 Å². The van der Waals surface area contributed by atoms with Crippen LogP contribution < -0.4 is 15.1 Å². The number of piperazine rings is 1. The van der Waals surface area contributed by atoms with Gasteiger partial charge in [0.2, 0.25) is 18.2 Å². The van der Waals surface area contributed by atoms with Gasteiger partial charge in [-0.05, 0) is 18.2 Å². The maximum Gasteiger partial charge on any atom is 0.414 e. The summed E-state index contributed by atoms with van der Waals surface area (Å²) in [5, 5.41) is 10.2. The molecule has 2 saturated heterocycles. The Kier molecular flexibility index (Phi) is 6.96. The van der Waals surface area contributed by atoms with Crippen molar-refractivity contribution in [3.8, 4) is 0 Å². The molecule has 13 heteroatoms. The van der Waals surface area contributed by atoms with Crippen LogP contribution in [0.25, 0.3) is 0 Å². The van der Waals surface area contributed by atoms with Gasteiger partial charge >= 0.3 is 6.09 Å². The van der Waals surface area contributed by atoms with Gasteiger partial charge in [-0.3, -0.25) is 14.5 Å². The third-order valence-electron chi connectivity index (χ3n) is 5.33. The van der Waals surface area contributed by atoms with E-state index in [9.17, 15) is 18.8 Å². The molecule has 2 fully saturated rings. The van der Waals surface area contributed by atoms with E-state index in [1.807, 2.05) is 4.90 Å². The van der Waals surface area contributed by atoms with Gasteiger partial charge in [0, 0.05) is 33.1 Å². The molecule has 0 bridgehead atoms. The van der Waals surface area contributed by atoms with Crippen LogP contribution in [0.3, 0.4) is 0 Å². The highest BCUT2D eigenvalue weighted by Gasteiger charge is 2.33. The van der Waals surface area contributed by atoms with Gasteiger partial charge in [0.05, 0.1) is 30.2 Å². The molecule has 11 nitrogen and oxygen atoms in total.